The lowest BCUT2D eigenvalue weighted by Gasteiger charge is -2.13. The van der Waals surface area contributed by atoms with Crippen LogP contribution in [0.15, 0.2) is 48.5 Å². The van der Waals surface area contributed by atoms with Crippen LogP contribution in [0.2, 0.25) is 0 Å². The van der Waals surface area contributed by atoms with E-state index in [1.165, 1.54) is 11.1 Å². The van der Waals surface area contributed by atoms with Crippen molar-refractivity contribution in [1.82, 2.24) is 0 Å². The van der Waals surface area contributed by atoms with Gasteiger partial charge in [0, 0.05) is 0 Å². The average Bonchev–Trinajstić information content (AvgIpc) is 2.47. The summed E-state index contributed by atoms with van der Waals surface area (Å²) in [7, 11) is 0. The monoisotopic (exact) mass is 258 g/mol. The fourth-order valence-electron chi connectivity index (χ4n) is 2.09. The van der Waals surface area contributed by atoms with E-state index >= 15 is 0 Å². The summed E-state index contributed by atoms with van der Waals surface area (Å²) in [6, 6.07) is 15.6. The van der Waals surface area contributed by atoms with Crippen molar-refractivity contribution in [2.24, 2.45) is 11.8 Å². The summed E-state index contributed by atoms with van der Waals surface area (Å²) in [5.74, 6) is 12.0. The molecule has 0 bridgehead atoms. The van der Waals surface area contributed by atoms with Gasteiger partial charge in [0.15, 0.2) is 0 Å². The third-order valence-electron chi connectivity index (χ3n) is 3.16. The van der Waals surface area contributed by atoms with Crippen LogP contribution in [0.3, 0.4) is 0 Å². The number of hydrogen-bond acceptors (Lipinski definition) is 4. The smallest absolute Gasteiger partial charge is 0.147 e. The molecule has 0 radical (unpaired) electrons. The fraction of sp³-hybridized carbons (Fsp3) is 0.200. The molecule has 0 aliphatic heterocycles. The van der Waals surface area contributed by atoms with Gasteiger partial charge in [-0.2, -0.15) is 11.8 Å². The van der Waals surface area contributed by atoms with Crippen LogP contribution in [0.5, 0.6) is 11.5 Å². The zero-order valence-electron chi connectivity index (χ0n) is 10.9. The van der Waals surface area contributed by atoms with Crippen molar-refractivity contribution < 1.29 is 9.68 Å². The summed E-state index contributed by atoms with van der Waals surface area (Å²) in [5.41, 5.74) is 2.43. The Labute approximate surface area is 112 Å². The molecule has 0 amide bonds. The van der Waals surface area contributed by atoms with Gasteiger partial charge in [-0.1, -0.05) is 31.2 Å². The van der Waals surface area contributed by atoms with Gasteiger partial charge in [0.05, 0.1) is 0 Å². The number of nitrogens with two attached hydrogens (primary N) is 2. The van der Waals surface area contributed by atoms with E-state index in [0.717, 1.165) is 6.42 Å². The van der Waals surface area contributed by atoms with E-state index in [0.29, 0.717) is 17.4 Å². The standard InChI is InChI=1S/C15H18N2O2/c1-11(13-5-7-14(18-16)8-6-13)9-12-3-2-4-15(10-12)19-17/h2-8,10-11H,9,16-17H2,1H3. The Morgan fingerprint density at radius 3 is 2.26 bits per heavy atom. The van der Waals surface area contributed by atoms with E-state index in [2.05, 4.69) is 17.8 Å². The molecular formula is C15H18N2O2. The fourth-order valence-corrected chi connectivity index (χ4v) is 2.09. The first-order valence-electron chi connectivity index (χ1n) is 6.15. The summed E-state index contributed by atoms with van der Waals surface area (Å²) < 4.78 is 0. The van der Waals surface area contributed by atoms with Gasteiger partial charge < -0.3 is 9.68 Å². The van der Waals surface area contributed by atoms with Gasteiger partial charge in [0.2, 0.25) is 0 Å². The first-order chi connectivity index (χ1) is 9.22. The van der Waals surface area contributed by atoms with Crippen LogP contribution in [0.25, 0.3) is 0 Å². The Morgan fingerprint density at radius 1 is 0.947 bits per heavy atom. The molecule has 19 heavy (non-hydrogen) atoms. The first-order valence-corrected chi connectivity index (χ1v) is 6.15. The first kappa shape index (κ1) is 13.4. The second kappa shape index (κ2) is 6.22. The molecule has 0 aliphatic rings. The molecule has 4 nitrogen and oxygen atoms in total. The Bertz CT molecular complexity index is 526. The molecular weight excluding hydrogens is 240 g/mol. The van der Waals surface area contributed by atoms with E-state index in [1.54, 1.807) is 0 Å². The van der Waals surface area contributed by atoms with E-state index in [-0.39, 0.29) is 0 Å². The highest BCUT2D eigenvalue weighted by molar-refractivity contribution is 5.32. The van der Waals surface area contributed by atoms with Crippen LogP contribution >= 0.6 is 0 Å². The van der Waals surface area contributed by atoms with E-state index in [9.17, 15) is 0 Å². The predicted octanol–water partition coefficient (Wildman–Crippen LogP) is 2.54. The molecule has 4 N–H and O–H groups in total. The molecule has 0 spiro atoms. The number of rotatable bonds is 5. The maximum absolute atomic E-state index is 5.17. The maximum Gasteiger partial charge on any atom is 0.147 e. The van der Waals surface area contributed by atoms with Crippen LogP contribution in [0.4, 0.5) is 0 Å². The molecule has 0 fully saturated rings. The van der Waals surface area contributed by atoms with E-state index < -0.39 is 0 Å². The van der Waals surface area contributed by atoms with Crippen molar-refractivity contribution in [3.63, 3.8) is 0 Å². The van der Waals surface area contributed by atoms with Crippen molar-refractivity contribution in [1.29, 1.82) is 0 Å². The summed E-state index contributed by atoms with van der Waals surface area (Å²) in [6.45, 7) is 2.17. The highest BCUT2D eigenvalue weighted by Crippen LogP contribution is 2.24. The molecule has 0 aromatic heterocycles. The minimum Gasteiger partial charge on any atom is -0.412 e. The predicted molar refractivity (Wildman–Crippen MR) is 74.6 cm³/mol. The van der Waals surface area contributed by atoms with Gasteiger partial charge in [-0.25, -0.2) is 0 Å². The largest absolute Gasteiger partial charge is 0.412 e. The third-order valence-corrected chi connectivity index (χ3v) is 3.16. The molecule has 100 valence electrons. The molecule has 0 aliphatic carbocycles. The normalized spacial score (nSPS) is 11.9. The molecule has 0 saturated carbocycles. The van der Waals surface area contributed by atoms with Crippen LogP contribution in [0, 0.1) is 0 Å². The van der Waals surface area contributed by atoms with E-state index in [1.807, 2.05) is 42.5 Å². The molecule has 1 atom stereocenters. The lowest BCUT2D eigenvalue weighted by molar-refractivity contribution is 0.334. The summed E-state index contributed by atoms with van der Waals surface area (Å²) >= 11 is 0. The number of hydrogen-bond donors (Lipinski definition) is 2. The summed E-state index contributed by atoms with van der Waals surface area (Å²) in [4.78, 5) is 9.41. The third kappa shape index (κ3) is 3.47. The molecule has 0 heterocycles. The molecule has 2 aromatic rings. The minimum absolute atomic E-state index is 0.389. The zero-order valence-corrected chi connectivity index (χ0v) is 10.9. The average molecular weight is 258 g/mol. The second-order valence-electron chi connectivity index (χ2n) is 4.56. The van der Waals surface area contributed by atoms with Gasteiger partial charge in [-0.05, 0) is 47.7 Å². The van der Waals surface area contributed by atoms with Gasteiger partial charge in [-0.15, -0.1) is 0 Å². The van der Waals surface area contributed by atoms with Crippen LogP contribution in [-0.2, 0) is 6.42 Å². The second-order valence-corrected chi connectivity index (χ2v) is 4.56. The molecule has 2 rings (SSSR count). The topological polar surface area (TPSA) is 70.5 Å². The highest BCUT2D eigenvalue weighted by Gasteiger charge is 2.07. The van der Waals surface area contributed by atoms with Crippen molar-refractivity contribution in [2.45, 2.75) is 19.3 Å². The Hall–Kier alpha value is -2.04. The van der Waals surface area contributed by atoms with Crippen molar-refractivity contribution in [2.75, 3.05) is 0 Å². The zero-order chi connectivity index (χ0) is 13.7. The summed E-state index contributed by atoms with van der Waals surface area (Å²) in [6.07, 6.45) is 0.917. The molecule has 4 heteroatoms. The quantitative estimate of drug-likeness (QED) is 0.808. The van der Waals surface area contributed by atoms with Gasteiger partial charge in [-0.3, -0.25) is 0 Å². The van der Waals surface area contributed by atoms with Gasteiger partial charge in [0.1, 0.15) is 11.5 Å². The van der Waals surface area contributed by atoms with Crippen LogP contribution in [-0.4, -0.2) is 0 Å². The number of benzene rings is 2. The van der Waals surface area contributed by atoms with Gasteiger partial charge in [0.25, 0.3) is 0 Å². The Kier molecular flexibility index (Phi) is 4.39. The van der Waals surface area contributed by atoms with Crippen LogP contribution in [0.1, 0.15) is 24.0 Å². The highest BCUT2D eigenvalue weighted by atomic mass is 16.6. The molecule has 1 unspecified atom stereocenters. The van der Waals surface area contributed by atoms with Gasteiger partial charge >= 0.3 is 0 Å². The lowest BCUT2D eigenvalue weighted by atomic mass is 9.94. The SMILES string of the molecule is CC(Cc1cccc(ON)c1)c1ccc(ON)cc1. The van der Waals surface area contributed by atoms with Crippen molar-refractivity contribution >= 4 is 0 Å². The van der Waals surface area contributed by atoms with Crippen molar-refractivity contribution in [3.8, 4) is 11.5 Å². The molecule has 2 aromatic carbocycles. The maximum atomic E-state index is 5.17. The lowest BCUT2D eigenvalue weighted by Crippen LogP contribution is -2.04. The Morgan fingerprint density at radius 2 is 1.63 bits per heavy atom. The minimum atomic E-state index is 0.389. The Balaban J connectivity index is 2.08. The summed E-state index contributed by atoms with van der Waals surface area (Å²) in [5, 5.41) is 0. The van der Waals surface area contributed by atoms with Crippen molar-refractivity contribution in [3.05, 3.63) is 59.7 Å². The van der Waals surface area contributed by atoms with Crippen LogP contribution < -0.4 is 21.5 Å². The van der Waals surface area contributed by atoms with E-state index in [4.69, 9.17) is 16.6 Å². The molecule has 0 saturated heterocycles.